The molecule has 1 aliphatic rings. The molecule has 3 aromatic heterocycles. The Hall–Kier alpha value is -3.99. The maximum atomic E-state index is 12.6. The van der Waals surface area contributed by atoms with Crippen molar-refractivity contribution >= 4 is 28.4 Å². The SMILES string of the molecule is Nc1ncnc2c3c(n(-c4ccc(NC(=O)Cc5ccc(C(F)(F)F)nc5)cc4)c12)COC3. The molecule has 0 saturated carbocycles. The first-order valence-corrected chi connectivity index (χ1v) is 9.94. The van der Waals surface area contributed by atoms with Crippen LogP contribution >= 0.6 is 0 Å². The number of hydrogen-bond acceptors (Lipinski definition) is 6. The third-order valence-electron chi connectivity index (χ3n) is 5.35. The summed E-state index contributed by atoms with van der Waals surface area (Å²) in [7, 11) is 0. The van der Waals surface area contributed by atoms with E-state index < -0.39 is 11.9 Å². The zero-order valence-corrected chi connectivity index (χ0v) is 17.1. The molecule has 1 amide bonds. The van der Waals surface area contributed by atoms with Gasteiger partial charge in [0.15, 0.2) is 5.82 Å². The summed E-state index contributed by atoms with van der Waals surface area (Å²) in [5, 5.41) is 2.74. The molecule has 33 heavy (non-hydrogen) atoms. The van der Waals surface area contributed by atoms with Crippen LogP contribution in [0.15, 0.2) is 48.9 Å². The molecule has 0 fully saturated rings. The average molecular weight is 454 g/mol. The summed E-state index contributed by atoms with van der Waals surface area (Å²) >= 11 is 0. The predicted octanol–water partition coefficient (Wildman–Crippen LogP) is 3.63. The van der Waals surface area contributed by atoms with Crippen molar-refractivity contribution in [3.05, 3.63) is 71.4 Å². The highest BCUT2D eigenvalue weighted by Crippen LogP contribution is 2.35. The molecule has 0 atom stereocenters. The lowest BCUT2D eigenvalue weighted by Gasteiger charge is -2.12. The van der Waals surface area contributed by atoms with Gasteiger partial charge in [-0.2, -0.15) is 13.2 Å². The quantitative estimate of drug-likeness (QED) is 0.488. The van der Waals surface area contributed by atoms with Crippen LogP contribution in [0.2, 0.25) is 0 Å². The number of alkyl halides is 3. The zero-order chi connectivity index (χ0) is 23.2. The molecule has 3 N–H and O–H groups in total. The second-order valence-corrected chi connectivity index (χ2v) is 7.53. The minimum absolute atomic E-state index is 0.103. The number of aromatic nitrogens is 4. The van der Waals surface area contributed by atoms with Gasteiger partial charge in [-0.15, -0.1) is 0 Å². The molecule has 1 aliphatic heterocycles. The Kier molecular flexibility index (Phi) is 4.97. The fraction of sp³-hybridized carbons (Fsp3) is 0.182. The maximum absolute atomic E-state index is 12.6. The van der Waals surface area contributed by atoms with Crippen LogP contribution in [-0.2, 0) is 35.3 Å². The van der Waals surface area contributed by atoms with Gasteiger partial charge in [0.2, 0.25) is 5.91 Å². The van der Waals surface area contributed by atoms with E-state index in [1.165, 1.54) is 12.4 Å². The number of hydrogen-bond donors (Lipinski definition) is 2. The highest BCUT2D eigenvalue weighted by Gasteiger charge is 2.32. The number of ether oxygens (including phenoxy) is 1. The van der Waals surface area contributed by atoms with Crippen molar-refractivity contribution in [3.8, 4) is 5.69 Å². The normalized spacial score (nSPS) is 13.3. The molecule has 168 valence electrons. The Morgan fingerprint density at radius 1 is 1.09 bits per heavy atom. The van der Waals surface area contributed by atoms with Crippen molar-refractivity contribution < 1.29 is 22.7 Å². The van der Waals surface area contributed by atoms with Gasteiger partial charge in [-0.3, -0.25) is 9.78 Å². The molecular formula is C22H17F3N6O2. The molecule has 1 aromatic carbocycles. The second-order valence-electron chi connectivity index (χ2n) is 7.53. The van der Waals surface area contributed by atoms with Crippen molar-refractivity contribution in [2.45, 2.75) is 25.8 Å². The number of pyridine rings is 1. The van der Waals surface area contributed by atoms with Gasteiger partial charge in [0.25, 0.3) is 0 Å². The molecule has 0 unspecified atom stereocenters. The van der Waals surface area contributed by atoms with Gasteiger partial charge < -0.3 is 20.4 Å². The van der Waals surface area contributed by atoms with Crippen molar-refractivity contribution in [1.29, 1.82) is 0 Å². The highest BCUT2D eigenvalue weighted by atomic mass is 19.4. The van der Waals surface area contributed by atoms with E-state index in [0.29, 0.717) is 35.8 Å². The lowest BCUT2D eigenvalue weighted by Crippen LogP contribution is -2.15. The molecule has 8 nitrogen and oxygen atoms in total. The van der Waals surface area contributed by atoms with Crippen LogP contribution in [0.4, 0.5) is 24.7 Å². The fourth-order valence-corrected chi connectivity index (χ4v) is 3.86. The zero-order valence-electron chi connectivity index (χ0n) is 17.1. The van der Waals surface area contributed by atoms with Crippen LogP contribution in [0.5, 0.6) is 0 Å². The number of carbonyl (C=O) groups is 1. The predicted molar refractivity (Wildman–Crippen MR) is 113 cm³/mol. The van der Waals surface area contributed by atoms with Crippen LogP contribution < -0.4 is 11.1 Å². The third-order valence-corrected chi connectivity index (χ3v) is 5.35. The topological polar surface area (TPSA) is 108 Å². The van der Waals surface area contributed by atoms with E-state index in [1.807, 2.05) is 16.7 Å². The van der Waals surface area contributed by atoms with E-state index in [9.17, 15) is 18.0 Å². The van der Waals surface area contributed by atoms with Crippen LogP contribution in [-0.4, -0.2) is 25.4 Å². The summed E-state index contributed by atoms with van der Waals surface area (Å²) in [5.74, 6) is -0.0143. The molecule has 0 radical (unpaired) electrons. The number of fused-ring (bicyclic) bond motifs is 3. The van der Waals surface area contributed by atoms with Crippen molar-refractivity contribution in [2.75, 3.05) is 11.1 Å². The largest absolute Gasteiger partial charge is 0.433 e. The second kappa shape index (κ2) is 7.85. The van der Waals surface area contributed by atoms with Gasteiger partial charge in [-0.25, -0.2) is 9.97 Å². The lowest BCUT2D eigenvalue weighted by molar-refractivity contribution is -0.141. The van der Waals surface area contributed by atoms with E-state index in [-0.39, 0.29) is 12.3 Å². The van der Waals surface area contributed by atoms with E-state index in [4.69, 9.17) is 10.5 Å². The Labute approximate surface area is 185 Å². The number of anilines is 2. The summed E-state index contributed by atoms with van der Waals surface area (Å²) in [6.07, 6.45) is -2.15. The summed E-state index contributed by atoms with van der Waals surface area (Å²) in [6.45, 7) is 0.868. The Morgan fingerprint density at radius 3 is 2.58 bits per heavy atom. The first kappa shape index (κ1) is 20.9. The summed E-state index contributed by atoms with van der Waals surface area (Å²) in [4.78, 5) is 24.2. The Balaban J connectivity index is 1.34. The van der Waals surface area contributed by atoms with E-state index in [0.717, 1.165) is 34.7 Å². The fourth-order valence-electron chi connectivity index (χ4n) is 3.86. The van der Waals surface area contributed by atoms with Crippen molar-refractivity contribution in [2.24, 2.45) is 0 Å². The molecule has 5 rings (SSSR count). The van der Waals surface area contributed by atoms with Gasteiger partial charge in [0.1, 0.15) is 23.1 Å². The molecule has 4 heterocycles. The van der Waals surface area contributed by atoms with Crippen LogP contribution in [0.25, 0.3) is 16.7 Å². The summed E-state index contributed by atoms with van der Waals surface area (Å²) in [5.41, 5.74) is 10.2. The maximum Gasteiger partial charge on any atom is 0.433 e. The van der Waals surface area contributed by atoms with Crippen LogP contribution in [0.1, 0.15) is 22.5 Å². The number of benzene rings is 1. The molecule has 0 spiro atoms. The molecule has 0 saturated heterocycles. The number of nitrogens with zero attached hydrogens (tertiary/aromatic N) is 4. The van der Waals surface area contributed by atoms with E-state index >= 15 is 0 Å². The molecule has 0 aliphatic carbocycles. The Bertz CT molecular complexity index is 1350. The number of halogens is 3. The van der Waals surface area contributed by atoms with E-state index in [2.05, 4.69) is 20.3 Å². The first-order chi connectivity index (χ1) is 15.8. The van der Waals surface area contributed by atoms with Gasteiger partial charge in [-0.05, 0) is 35.9 Å². The molecule has 4 aromatic rings. The van der Waals surface area contributed by atoms with Gasteiger partial charge in [0, 0.05) is 23.1 Å². The Morgan fingerprint density at radius 2 is 1.88 bits per heavy atom. The lowest BCUT2D eigenvalue weighted by atomic mass is 10.2. The number of nitrogens with two attached hydrogens (primary N) is 1. The monoisotopic (exact) mass is 454 g/mol. The number of nitrogens with one attached hydrogen (secondary N) is 1. The van der Waals surface area contributed by atoms with Gasteiger partial charge in [0.05, 0.1) is 25.3 Å². The van der Waals surface area contributed by atoms with Gasteiger partial charge in [-0.1, -0.05) is 6.07 Å². The standard InChI is InChI=1S/C22H17F3N6O2/c23-22(24,25)17-6-1-12(8-27-17)7-18(32)30-13-2-4-14(5-3-13)31-16-10-33-9-15(16)19-20(31)21(26)29-11-28-19/h1-6,8,11H,7,9-10H2,(H,30,32)(H2,26,28,29). The number of carbonyl (C=O) groups excluding carboxylic acids is 1. The number of amides is 1. The van der Waals surface area contributed by atoms with Gasteiger partial charge >= 0.3 is 6.18 Å². The van der Waals surface area contributed by atoms with Crippen LogP contribution in [0.3, 0.4) is 0 Å². The molecule has 0 bridgehead atoms. The van der Waals surface area contributed by atoms with Crippen molar-refractivity contribution in [1.82, 2.24) is 19.5 Å². The molecule has 11 heteroatoms. The van der Waals surface area contributed by atoms with Crippen molar-refractivity contribution in [3.63, 3.8) is 0 Å². The average Bonchev–Trinajstić information content (AvgIpc) is 3.36. The highest BCUT2D eigenvalue weighted by molar-refractivity contribution is 5.93. The summed E-state index contributed by atoms with van der Waals surface area (Å²) < 4.78 is 45.4. The molecular weight excluding hydrogens is 437 g/mol. The number of nitrogen functional groups attached to an aromatic ring is 1. The smallest absolute Gasteiger partial charge is 0.382 e. The third kappa shape index (κ3) is 3.87. The first-order valence-electron chi connectivity index (χ1n) is 9.94. The minimum atomic E-state index is -4.52. The van der Waals surface area contributed by atoms with Crippen LogP contribution in [0, 0.1) is 0 Å². The number of rotatable bonds is 4. The minimum Gasteiger partial charge on any atom is -0.382 e. The summed E-state index contributed by atoms with van der Waals surface area (Å²) in [6, 6.07) is 9.19. The van der Waals surface area contributed by atoms with E-state index in [1.54, 1.807) is 12.1 Å².